The Kier molecular flexibility index (Phi) is 8.45. The molecule has 2 N–H and O–H groups in total. The summed E-state index contributed by atoms with van der Waals surface area (Å²) in [6.45, 7) is 11.7. The fraction of sp³-hybridized carbons (Fsp3) is 0.800. The molecule has 0 saturated carbocycles. The van der Waals surface area contributed by atoms with Gasteiger partial charge >= 0.3 is 5.97 Å². The van der Waals surface area contributed by atoms with Crippen molar-refractivity contribution >= 4 is 33.7 Å². The largest absolute Gasteiger partial charge is 0.481 e. The number of fused-ring (bicyclic) bond motifs is 1. The van der Waals surface area contributed by atoms with Gasteiger partial charge in [-0.25, -0.2) is 0 Å². The zero-order valence-electron chi connectivity index (χ0n) is 21.1. The highest BCUT2D eigenvalue weighted by atomic mass is 79.9. The van der Waals surface area contributed by atoms with Gasteiger partial charge < -0.3 is 29.5 Å². The van der Waals surface area contributed by atoms with E-state index in [0.717, 1.165) is 13.1 Å². The Bertz CT molecular complexity index is 867. The van der Waals surface area contributed by atoms with Crippen LogP contribution in [-0.4, -0.2) is 124 Å². The van der Waals surface area contributed by atoms with Crippen LogP contribution in [-0.2, 0) is 23.9 Å². The van der Waals surface area contributed by atoms with Gasteiger partial charge in [0.15, 0.2) is 0 Å². The number of aliphatic carboxylic acids is 1. The Morgan fingerprint density at radius 1 is 1.33 bits per heavy atom. The normalized spacial score (nSPS) is 34.8. The lowest BCUT2D eigenvalue weighted by Gasteiger charge is -2.40. The molecule has 3 unspecified atom stereocenters. The maximum absolute atomic E-state index is 14.3. The lowest BCUT2D eigenvalue weighted by molar-refractivity contribution is -0.153. The van der Waals surface area contributed by atoms with Crippen molar-refractivity contribution in [1.82, 2.24) is 14.7 Å². The van der Waals surface area contributed by atoms with Crippen LogP contribution in [0.2, 0.25) is 0 Å². The first-order valence-electron chi connectivity index (χ1n) is 12.8. The van der Waals surface area contributed by atoms with Crippen LogP contribution in [0.15, 0.2) is 12.7 Å². The van der Waals surface area contributed by atoms with E-state index >= 15 is 0 Å². The summed E-state index contributed by atoms with van der Waals surface area (Å²) in [6, 6.07) is -1.62. The molecular formula is C25H38BrN3O7. The number of alkyl halides is 1. The molecule has 2 bridgehead atoms. The van der Waals surface area contributed by atoms with Crippen LogP contribution in [0.5, 0.6) is 0 Å². The summed E-state index contributed by atoms with van der Waals surface area (Å²) < 4.78 is 11.8. The van der Waals surface area contributed by atoms with E-state index in [9.17, 15) is 24.6 Å². The molecule has 0 aromatic carbocycles. The van der Waals surface area contributed by atoms with E-state index < -0.39 is 47.5 Å². The molecular weight excluding hydrogens is 534 g/mol. The van der Waals surface area contributed by atoms with Crippen LogP contribution in [0, 0.1) is 17.8 Å². The number of likely N-dealkylation sites (tertiary alicyclic amines) is 1. The van der Waals surface area contributed by atoms with Crippen molar-refractivity contribution < 1.29 is 34.1 Å². The van der Waals surface area contributed by atoms with Gasteiger partial charge in [-0.2, -0.15) is 0 Å². The Labute approximate surface area is 220 Å². The number of amides is 2. The van der Waals surface area contributed by atoms with Gasteiger partial charge in [0.1, 0.15) is 11.6 Å². The van der Waals surface area contributed by atoms with Gasteiger partial charge in [-0.1, -0.05) is 35.9 Å². The Balaban J connectivity index is 1.70. The van der Waals surface area contributed by atoms with Gasteiger partial charge in [-0.05, 0) is 18.8 Å². The highest BCUT2D eigenvalue weighted by Gasteiger charge is 2.77. The Hall–Kier alpha value is -1.53. The van der Waals surface area contributed by atoms with Gasteiger partial charge in [0.05, 0.1) is 43.8 Å². The molecule has 4 rings (SSSR count). The second-order valence-corrected chi connectivity index (χ2v) is 11.9. The molecule has 1 spiro atoms. The number of nitrogens with zero attached hydrogens (tertiary/aromatic N) is 3. The first-order chi connectivity index (χ1) is 17.2. The molecule has 7 atom stereocenters. The minimum absolute atomic E-state index is 0.158. The summed E-state index contributed by atoms with van der Waals surface area (Å²) in [6.07, 6.45) is 1.82. The number of ether oxygens (including phenoxy) is 2. The average Bonchev–Trinajstić information content (AvgIpc) is 3.43. The number of aliphatic hydroxyl groups is 1. The van der Waals surface area contributed by atoms with Gasteiger partial charge in [0, 0.05) is 37.6 Å². The minimum atomic E-state index is -1.25. The van der Waals surface area contributed by atoms with E-state index in [2.05, 4.69) is 27.4 Å². The van der Waals surface area contributed by atoms with Crippen molar-refractivity contribution in [2.75, 3.05) is 52.5 Å². The van der Waals surface area contributed by atoms with E-state index in [1.54, 1.807) is 11.0 Å². The fourth-order valence-electron chi connectivity index (χ4n) is 6.55. The molecule has 4 fully saturated rings. The molecule has 4 saturated heterocycles. The van der Waals surface area contributed by atoms with Gasteiger partial charge in [0.2, 0.25) is 11.8 Å². The van der Waals surface area contributed by atoms with Crippen molar-refractivity contribution in [3.63, 3.8) is 0 Å². The first kappa shape index (κ1) is 27.5. The topological polar surface area (TPSA) is 120 Å². The van der Waals surface area contributed by atoms with Crippen molar-refractivity contribution in [3.05, 3.63) is 12.7 Å². The molecule has 4 aliphatic heterocycles. The number of carboxylic acid groups (broad SMARTS) is 1. The number of rotatable bonds is 11. The monoisotopic (exact) mass is 571 g/mol. The molecule has 4 aliphatic rings. The quantitative estimate of drug-likeness (QED) is 0.273. The summed E-state index contributed by atoms with van der Waals surface area (Å²) in [5, 5.41) is 20.3. The fourth-order valence-corrected chi connectivity index (χ4v) is 7.49. The molecule has 36 heavy (non-hydrogen) atoms. The number of carboxylic acids is 1. The van der Waals surface area contributed by atoms with Gasteiger partial charge in [0.25, 0.3) is 0 Å². The maximum atomic E-state index is 14.3. The van der Waals surface area contributed by atoms with Crippen LogP contribution >= 0.6 is 15.9 Å². The second-order valence-electron chi connectivity index (χ2n) is 10.7. The summed E-state index contributed by atoms with van der Waals surface area (Å²) in [5.41, 5.74) is -1.25. The Morgan fingerprint density at radius 3 is 2.61 bits per heavy atom. The molecule has 10 nitrogen and oxygen atoms in total. The molecule has 0 aliphatic carbocycles. The van der Waals surface area contributed by atoms with E-state index in [1.807, 2.05) is 13.8 Å². The third kappa shape index (κ3) is 4.73. The molecule has 0 radical (unpaired) electrons. The first-order valence-corrected chi connectivity index (χ1v) is 13.7. The highest BCUT2D eigenvalue weighted by Crippen LogP contribution is 2.60. The van der Waals surface area contributed by atoms with E-state index in [-0.39, 0.29) is 23.3 Å². The number of carbonyl (C=O) groups excluding carboxylic acids is 2. The second kappa shape index (κ2) is 11.1. The molecule has 0 aromatic heterocycles. The third-order valence-corrected chi connectivity index (χ3v) is 8.89. The molecule has 4 heterocycles. The zero-order chi connectivity index (χ0) is 26.2. The average molecular weight is 572 g/mol. The Morgan fingerprint density at radius 2 is 2.03 bits per heavy atom. The standard InChI is InChI=1S/C25H38BrN3O7/c1-4-5-28(7-6-27-8-10-35-11-9-27)23(32)21-25-13-17(26)20(36-25)18(24(33)34)19(25)22(31)29(21)16(14-30)12-15(2)3/h4,15-21,30H,1,5-14H2,2-3H3,(H,33,34)/t16-,17?,18+,19+,20+,21?,25?/m1/s1. The highest BCUT2D eigenvalue weighted by molar-refractivity contribution is 9.09. The summed E-state index contributed by atoms with van der Waals surface area (Å²) in [7, 11) is 0. The van der Waals surface area contributed by atoms with Crippen LogP contribution < -0.4 is 0 Å². The number of carbonyl (C=O) groups is 3. The zero-order valence-corrected chi connectivity index (χ0v) is 22.6. The van der Waals surface area contributed by atoms with E-state index in [4.69, 9.17) is 9.47 Å². The molecule has 11 heteroatoms. The van der Waals surface area contributed by atoms with E-state index in [0.29, 0.717) is 45.7 Å². The van der Waals surface area contributed by atoms with Crippen LogP contribution in [0.4, 0.5) is 0 Å². The van der Waals surface area contributed by atoms with Crippen molar-refractivity contribution in [1.29, 1.82) is 0 Å². The third-order valence-electron chi connectivity index (χ3n) is 8.04. The lowest BCUT2D eigenvalue weighted by Crippen LogP contribution is -2.59. The van der Waals surface area contributed by atoms with Crippen molar-refractivity contribution in [2.45, 2.75) is 55.3 Å². The molecule has 202 valence electrons. The van der Waals surface area contributed by atoms with Gasteiger partial charge in [-0.15, -0.1) is 6.58 Å². The predicted molar refractivity (Wildman–Crippen MR) is 135 cm³/mol. The maximum Gasteiger partial charge on any atom is 0.310 e. The summed E-state index contributed by atoms with van der Waals surface area (Å²) >= 11 is 3.57. The molecule has 0 aromatic rings. The van der Waals surface area contributed by atoms with Crippen LogP contribution in [0.1, 0.15) is 26.7 Å². The molecule has 2 amide bonds. The number of hydrogen-bond donors (Lipinski definition) is 2. The van der Waals surface area contributed by atoms with Crippen molar-refractivity contribution in [2.24, 2.45) is 17.8 Å². The van der Waals surface area contributed by atoms with Crippen LogP contribution in [0.3, 0.4) is 0 Å². The lowest BCUT2D eigenvalue weighted by atomic mass is 9.70. The number of hydrogen-bond acceptors (Lipinski definition) is 7. The number of halogens is 1. The smallest absolute Gasteiger partial charge is 0.310 e. The van der Waals surface area contributed by atoms with Crippen LogP contribution in [0.25, 0.3) is 0 Å². The van der Waals surface area contributed by atoms with E-state index in [1.165, 1.54) is 4.90 Å². The minimum Gasteiger partial charge on any atom is -0.481 e. The van der Waals surface area contributed by atoms with Gasteiger partial charge in [-0.3, -0.25) is 19.3 Å². The SMILES string of the molecule is C=CCN(CCN1CCOCC1)C(=O)C1N([C@@H](CO)CC(C)C)C(=O)[C@@H]2[C@H](C(=O)O)[C@H]3OC12CC3Br. The summed E-state index contributed by atoms with van der Waals surface area (Å²) in [4.78, 5) is 45.6. The number of aliphatic hydroxyl groups excluding tert-OH is 1. The predicted octanol–water partition coefficient (Wildman–Crippen LogP) is 0.573. The summed E-state index contributed by atoms with van der Waals surface area (Å²) in [5.74, 6) is -3.64. The van der Waals surface area contributed by atoms with Crippen molar-refractivity contribution in [3.8, 4) is 0 Å². The number of morpholine rings is 1.